The van der Waals surface area contributed by atoms with E-state index in [-0.39, 0.29) is 6.42 Å². The summed E-state index contributed by atoms with van der Waals surface area (Å²) in [5.41, 5.74) is -0.453. The molecule has 1 N–H and O–H groups in total. The first-order valence-electron chi connectivity index (χ1n) is 6.48. The Morgan fingerprint density at radius 2 is 2.16 bits per heavy atom. The first-order valence-corrected chi connectivity index (χ1v) is 6.48. The van der Waals surface area contributed by atoms with Crippen LogP contribution in [0.15, 0.2) is 24.3 Å². The molecule has 2 rings (SSSR count). The van der Waals surface area contributed by atoms with Gasteiger partial charge < -0.3 is 0 Å². The van der Waals surface area contributed by atoms with E-state index in [1.807, 2.05) is 6.08 Å². The maximum atomic E-state index is 12.5. The van der Waals surface area contributed by atoms with E-state index in [1.165, 1.54) is 7.05 Å². The first-order chi connectivity index (χ1) is 9.04. The van der Waals surface area contributed by atoms with E-state index in [2.05, 4.69) is 11.9 Å². The zero-order chi connectivity index (χ0) is 14.0. The van der Waals surface area contributed by atoms with Crippen molar-refractivity contribution in [2.24, 2.45) is 5.41 Å². The van der Waals surface area contributed by atoms with Crippen LogP contribution in [0.3, 0.4) is 0 Å². The molecule has 5 heteroatoms. The van der Waals surface area contributed by atoms with E-state index in [0.717, 1.165) is 36.2 Å². The molecular formula is C14H18N2O3. The molecule has 2 aliphatic rings. The number of allylic oxidation sites excluding steroid dienone is 2. The van der Waals surface area contributed by atoms with E-state index < -0.39 is 23.3 Å². The highest BCUT2D eigenvalue weighted by molar-refractivity contribution is 6.21. The lowest BCUT2D eigenvalue weighted by Crippen LogP contribution is -2.63. The van der Waals surface area contributed by atoms with Gasteiger partial charge in [-0.3, -0.25) is 19.8 Å². The summed E-state index contributed by atoms with van der Waals surface area (Å²) < 4.78 is 0. The molecule has 1 heterocycles. The maximum absolute atomic E-state index is 12.5. The lowest BCUT2D eigenvalue weighted by Gasteiger charge is -2.40. The maximum Gasteiger partial charge on any atom is 0.330 e. The fourth-order valence-corrected chi connectivity index (χ4v) is 2.80. The fourth-order valence-electron chi connectivity index (χ4n) is 2.80. The van der Waals surface area contributed by atoms with Crippen molar-refractivity contribution in [2.75, 3.05) is 7.05 Å². The van der Waals surface area contributed by atoms with Crippen LogP contribution in [0.25, 0.3) is 0 Å². The summed E-state index contributed by atoms with van der Waals surface area (Å²) in [6.45, 7) is 3.64. The number of barbiturate groups is 1. The van der Waals surface area contributed by atoms with Gasteiger partial charge in [-0.1, -0.05) is 12.2 Å². The van der Waals surface area contributed by atoms with Gasteiger partial charge in [0, 0.05) is 7.05 Å². The molecule has 0 saturated carbocycles. The molecule has 0 radical (unpaired) electrons. The number of nitrogens with zero attached hydrogens (tertiary/aromatic N) is 1. The number of nitrogens with one attached hydrogen (secondary N) is 1. The molecule has 1 saturated heterocycles. The molecule has 4 amide bonds. The Hall–Kier alpha value is -1.91. The second kappa shape index (κ2) is 4.99. The molecule has 1 fully saturated rings. The number of carbonyl (C=O) groups is 3. The molecule has 1 aliphatic carbocycles. The van der Waals surface area contributed by atoms with E-state index in [1.54, 1.807) is 6.08 Å². The molecule has 1 unspecified atom stereocenters. The predicted molar refractivity (Wildman–Crippen MR) is 70.1 cm³/mol. The molecule has 5 nitrogen and oxygen atoms in total. The van der Waals surface area contributed by atoms with Crippen LogP contribution in [0.2, 0.25) is 0 Å². The fraction of sp³-hybridized carbons (Fsp3) is 0.500. The van der Waals surface area contributed by atoms with Crippen LogP contribution in [0, 0.1) is 5.41 Å². The topological polar surface area (TPSA) is 66.5 Å². The van der Waals surface area contributed by atoms with Crippen molar-refractivity contribution in [1.29, 1.82) is 0 Å². The summed E-state index contributed by atoms with van der Waals surface area (Å²) in [6, 6.07) is -0.661. The molecular weight excluding hydrogens is 244 g/mol. The Bertz CT molecular complexity index is 481. The highest BCUT2D eigenvalue weighted by atomic mass is 16.2. The van der Waals surface area contributed by atoms with Gasteiger partial charge in [0.25, 0.3) is 5.91 Å². The van der Waals surface area contributed by atoms with Crippen LogP contribution < -0.4 is 5.32 Å². The van der Waals surface area contributed by atoms with E-state index in [9.17, 15) is 14.4 Å². The minimum absolute atomic E-state index is 0.223. The smallest absolute Gasteiger partial charge is 0.276 e. The van der Waals surface area contributed by atoms with Crippen molar-refractivity contribution in [3.63, 3.8) is 0 Å². The molecule has 1 aliphatic heterocycles. The van der Waals surface area contributed by atoms with Crippen LogP contribution >= 0.6 is 0 Å². The summed E-state index contributed by atoms with van der Waals surface area (Å²) in [5.74, 6) is -0.969. The van der Waals surface area contributed by atoms with Gasteiger partial charge >= 0.3 is 6.03 Å². The number of carbonyl (C=O) groups excluding carboxylic acids is 3. The molecule has 0 aromatic rings. The van der Waals surface area contributed by atoms with Gasteiger partial charge in [0.05, 0.1) is 0 Å². The number of urea groups is 1. The Labute approximate surface area is 112 Å². The minimum Gasteiger partial charge on any atom is -0.276 e. The predicted octanol–water partition coefficient (Wildman–Crippen LogP) is 1.76. The summed E-state index contributed by atoms with van der Waals surface area (Å²) in [6.07, 6.45) is 7.37. The molecule has 0 spiro atoms. The van der Waals surface area contributed by atoms with Crippen molar-refractivity contribution < 1.29 is 14.4 Å². The Balaban J connectivity index is 2.50. The second-order valence-electron chi connectivity index (χ2n) is 5.00. The standard InChI is InChI=1S/C14H18N2O3/c1-3-9-14(10-7-5-4-6-8-10)11(17)15-13(19)16(2)12(14)18/h3,7H,1,4-6,8-9H2,2H3,(H,15,17,19). The summed E-state index contributed by atoms with van der Waals surface area (Å²) in [7, 11) is 1.39. The third kappa shape index (κ3) is 1.99. The summed E-state index contributed by atoms with van der Waals surface area (Å²) in [4.78, 5) is 37.3. The van der Waals surface area contributed by atoms with Gasteiger partial charge in [0.2, 0.25) is 5.91 Å². The highest BCUT2D eigenvalue weighted by Crippen LogP contribution is 2.41. The van der Waals surface area contributed by atoms with Gasteiger partial charge in [-0.2, -0.15) is 0 Å². The van der Waals surface area contributed by atoms with E-state index in [0.29, 0.717) is 0 Å². The number of imide groups is 2. The monoisotopic (exact) mass is 262 g/mol. The van der Waals surface area contributed by atoms with Crippen LogP contribution in [-0.2, 0) is 9.59 Å². The second-order valence-corrected chi connectivity index (χ2v) is 5.00. The van der Waals surface area contributed by atoms with Gasteiger partial charge in [0.1, 0.15) is 0 Å². The normalized spacial score (nSPS) is 27.9. The van der Waals surface area contributed by atoms with Gasteiger partial charge in [-0.25, -0.2) is 4.79 Å². The van der Waals surface area contributed by atoms with Crippen LogP contribution in [-0.4, -0.2) is 29.8 Å². The van der Waals surface area contributed by atoms with Crippen molar-refractivity contribution in [1.82, 2.24) is 10.2 Å². The Morgan fingerprint density at radius 3 is 2.74 bits per heavy atom. The molecule has 1 atom stereocenters. The zero-order valence-electron chi connectivity index (χ0n) is 11.1. The number of hydrogen-bond donors (Lipinski definition) is 1. The van der Waals surface area contributed by atoms with Crippen molar-refractivity contribution in [2.45, 2.75) is 32.1 Å². The van der Waals surface area contributed by atoms with Crippen molar-refractivity contribution in [3.05, 3.63) is 24.3 Å². The third-order valence-electron chi connectivity index (χ3n) is 3.87. The van der Waals surface area contributed by atoms with Crippen LogP contribution in [0.1, 0.15) is 32.1 Å². The van der Waals surface area contributed by atoms with Crippen LogP contribution in [0.5, 0.6) is 0 Å². The van der Waals surface area contributed by atoms with Crippen LogP contribution in [0.4, 0.5) is 4.79 Å². The lowest BCUT2D eigenvalue weighted by atomic mass is 9.70. The molecule has 102 valence electrons. The van der Waals surface area contributed by atoms with E-state index in [4.69, 9.17) is 0 Å². The minimum atomic E-state index is -1.27. The lowest BCUT2D eigenvalue weighted by molar-refractivity contribution is -0.147. The van der Waals surface area contributed by atoms with E-state index >= 15 is 0 Å². The number of hydrogen-bond acceptors (Lipinski definition) is 3. The average Bonchev–Trinajstić information content (AvgIpc) is 2.42. The zero-order valence-corrected chi connectivity index (χ0v) is 11.1. The Morgan fingerprint density at radius 1 is 1.42 bits per heavy atom. The number of rotatable bonds is 3. The number of amides is 4. The van der Waals surface area contributed by atoms with Crippen molar-refractivity contribution >= 4 is 17.8 Å². The molecule has 0 aromatic carbocycles. The molecule has 19 heavy (non-hydrogen) atoms. The SMILES string of the molecule is C=CCC1(C2=CCCCC2)C(=O)NC(=O)N(C)C1=O. The highest BCUT2D eigenvalue weighted by Gasteiger charge is 2.54. The van der Waals surface area contributed by atoms with Crippen molar-refractivity contribution in [3.8, 4) is 0 Å². The Kier molecular flexibility index (Phi) is 3.55. The first kappa shape index (κ1) is 13.5. The largest absolute Gasteiger partial charge is 0.330 e. The quantitative estimate of drug-likeness (QED) is 0.622. The summed E-state index contributed by atoms with van der Waals surface area (Å²) in [5, 5.41) is 2.27. The summed E-state index contributed by atoms with van der Waals surface area (Å²) >= 11 is 0. The van der Waals surface area contributed by atoms with Gasteiger partial charge in [0.15, 0.2) is 5.41 Å². The van der Waals surface area contributed by atoms with Gasteiger partial charge in [-0.05, 0) is 37.7 Å². The molecule has 0 bridgehead atoms. The van der Waals surface area contributed by atoms with Gasteiger partial charge in [-0.15, -0.1) is 6.58 Å². The third-order valence-corrected chi connectivity index (χ3v) is 3.87. The molecule has 0 aromatic heterocycles. The average molecular weight is 262 g/mol.